The Morgan fingerprint density at radius 3 is 0.890 bits per heavy atom. The Morgan fingerprint density at radius 1 is 0.288 bits per heavy atom. The highest BCUT2D eigenvalue weighted by Gasteiger charge is 2.19. The summed E-state index contributed by atoms with van der Waals surface area (Å²) in [4.78, 5) is 38.1. The Hall–Kier alpha value is -5.23. The molecule has 6 heteroatoms. The molecule has 0 aromatic heterocycles. The Bertz CT molecular complexity index is 1720. The van der Waals surface area contributed by atoms with Crippen molar-refractivity contribution >= 4 is 17.9 Å². The Balaban J connectivity index is 4.58. The molecule has 0 rings (SSSR count). The number of esters is 3. The van der Waals surface area contributed by atoms with E-state index in [0.29, 0.717) is 6.42 Å². The standard InChI is InChI=1S/C67H102O6/c1-4-7-10-13-16-19-22-25-28-30-32-33-35-36-39-42-45-48-51-54-57-60-66(69)72-63-64(62-71-65(68)59-56-53-50-47-44-41-38-27-24-21-18-15-12-9-6-3)73-67(70)61-58-55-52-49-46-43-40-37-34-31-29-26-23-20-17-14-11-8-5-2/h7-12,16-21,25-29,32-34,36-39,44,47,53,56,64H,4-6,13-15,22-24,30-31,35,40-43,45-46,48-52,54-55,57-63H2,1-3H3/b10-7-,11-8-,12-9-,19-16-,20-17-,21-18-,28-25-,29-26-,33-32-,37-34-,38-27-,39-36-,47-44-,56-53-. The van der Waals surface area contributed by atoms with Gasteiger partial charge in [-0.3, -0.25) is 14.4 Å². The number of hydrogen-bond acceptors (Lipinski definition) is 6. The fourth-order valence-electron chi connectivity index (χ4n) is 7.06. The lowest BCUT2D eigenvalue weighted by Gasteiger charge is -2.18. The third kappa shape index (κ3) is 57.5. The maximum Gasteiger partial charge on any atom is 0.309 e. The van der Waals surface area contributed by atoms with Crippen LogP contribution in [0.3, 0.4) is 0 Å². The molecule has 0 aliphatic heterocycles. The van der Waals surface area contributed by atoms with Crippen molar-refractivity contribution < 1.29 is 28.6 Å². The van der Waals surface area contributed by atoms with E-state index in [2.05, 4.69) is 179 Å². The molecule has 1 atom stereocenters. The molecule has 0 radical (unpaired) electrons. The molecule has 0 aliphatic carbocycles. The van der Waals surface area contributed by atoms with Crippen LogP contribution in [0, 0.1) is 0 Å². The van der Waals surface area contributed by atoms with Gasteiger partial charge in [-0.2, -0.15) is 0 Å². The zero-order valence-corrected chi connectivity index (χ0v) is 46.3. The molecule has 1 unspecified atom stereocenters. The molecule has 0 saturated carbocycles. The molecule has 73 heavy (non-hydrogen) atoms. The highest BCUT2D eigenvalue weighted by molar-refractivity contribution is 5.72. The van der Waals surface area contributed by atoms with Crippen molar-refractivity contribution in [3.8, 4) is 0 Å². The summed E-state index contributed by atoms with van der Waals surface area (Å²) in [6.07, 6.45) is 87.9. The molecule has 0 fully saturated rings. The minimum atomic E-state index is -0.844. The second-order valence-corrected chi connectivity index (χ2v) is 18.1. The molecule has 0 heterocycles. The van der Waals surface area contributed by atoms with E-state index in [4.69, 9.17) is 14.2 Å². The Kier molecular flexibility index (Phi) is 55.1. The van der Waals surface area contributed by atoms with Gasteiger partial charge in [-0.05, 0) is 128 Å². The van der Waals surface area contributed by atoms with Crippen LogP contribution in [0.1, 0.15) is 213 Å². The van der Waals surface area contributed by atoms with E-state index in [1.54, 1.807) is 6.08 Å². The van der Waals surface area contributed by atoms with Crippen LogP contribution in [0.4, 0.5) is 0 Å². The van der Waals surface area contributed by atoms with Gasteiger partial charge in [-0.25, -0.2) is 0 Å². The first kappa shape index (κ1) is 67.8. The summed E-state index contributed by atoms with van der Waals surface area (Å²) < 4.78 is 16.7. The monoisotopic (exact) mass is 1000 g/mol. The molecule has 0 aliphatic rings. The number of carbonyl (C=O) groups excluding carboxylic acids is 3. The fraction of sp³-hybridized carbons (Fsp3) is 0.537. The maximum absolute atomic E-state index is 12.9. The summed E-state index contributed by atoms with van der Waals surface area (Å²) in [6.45, 7) is 6.16. The minimum Gasteiger partial charge on any atom is -0.462 e. The molecule has 0 bridgehead atoms. The molecule has 0 spiro atoms. The van der Waals surface area contributed by atoms with Crippen LogP contribution in [0.15, 0.2) is 170 Å². The van der Waals surface area contributed by atoms with E-state index >= 15 is 0 Å². The Labute approximate surface area is 447 Å². The third-order valence-electron chi connectivity index (χ3n) is 11.2. The average Bonchev–Trinajstić information content (AvgIpc) is 3.39. The van der Waals surface area contributed by atoms with Crippen molar-refractivity contribution in [2.24, 2.45) is 0 Å². The largest absolute Gasteiger partial charge is 0.462 e. The van der Waals surface area contributed by atoms with E-state index in [9.17, 15) is 14.4 Å². The van der Waals surface area contributed by atoms with Gasteiger partial charge < -0.3 is 14.2 Å². The number of ether oxygens (including phenoxy) is 3. The van der Waals surface area contributed by atoms with Gasteiger partial charge in [0.05, 0.1) is 6.42 Å². The topological polar surface area (TPSA) is 78.9 Å². The number of hydrogen-bond donors (Lipinski definition) is 0. The lowest BCUT2D eigenvalue weighted by atomic mass is 10.1. The highest BCUT2D eigenvalue weighted by atomic mass is 16.6. The fourth-order valence-corrected chi connectivity index (χ4v) is 7.06. The lowest BCUT2D eigenvalue weighted by Crippen LogP contribution is -2.30. The van der Waals surface area contributed by atoms with Gasteiger partial charge in [0.1, 0.15) is 13.2 Å². The van der Waals surface area contributed by atoms with Crippen molar-refractivity contribution in [3.05, 3.63) is 170 Å². The molecular formula is C67H102O6. The van der Waals surface area contributed by atoms with E-state index in [0.717, 1.165) is 161 Å². The van der Waals surface area contributed by atoms with Crippen molar-refractivity contribution in [2.75, 3.05) is 13.2 Å². The van der Waals surface area contributed by atoms with Crippen LogP contribution >= 0.6 is 0 Å². The van der Waals surface area contributed by atoms with Gasteiger partial charge in [0.15, 0.2) is 6.10 Å². The molecule has 0 saturated heterocycles. The first-order valence-corrected chi connectivity index (χ1v) is 28.6. The van der Waals surface area contributed by atoms with Crippen molar-refractivity contribution in [3.63, 3.8) is 0 Å². The highest BCUT2D eigenvalue weighted by Crippen LogP contribution is 2.13. The molecule has 0 aromatic rings. The van der Waals surface area contributed by atoms with Crippen LogP contribution in [0.2, 0.25) is 0 Å². The van der Waals surface area contributed by atoms with Crippen LogP contribution in [-0.2, 0) is 28.6 Å². The summed E-state index contributed by atoms with van der Waals surface area (Å²) >= 11 is 0. The van der Waals surface area contributed by atoms with E-state index in [1.807, 2.05) is 6.08 Å². The molecular weight excluding hydrogens is 901 g/mol. The van der Waals surface area contributed by atoms with E-state index in [-0.39, 0.29) is 38.0 Å². The van der Waals surface area contributed by atoms with Crippen LogP contribution in [-0.4, -0.2) is 37.2 Å². The van der Waals surface area contributed by atoms with Crippen LogP contribution in [0.25, 0.3) is 0 Å². The number of carbonyl (C=O) groups is 3. The summed E-state index contributed by atoms with van der Waals surface area (Å²) in [7, 11) is 0. The predicted molar refractivity (Wildman–Crippen MR) is 315 cm³/mol. The van der Waals surface area contributed by atoms with Gasteiger partial charge in [0, 0.05) is 12.8 Å². The summed E-state index contributed by atoms with van der Waals surface area (Å²) in [5.41, 5.74) is 0. The molecule has 0 N–H and O–H groups in total. The predicted octanol–water partition coefficient (Wildman–Crippen LogP) is 19.5. The summed E-state index contributed by atoms with van der Waals surface area (Å²) in [5.74, 6) is -1.11. The zero-order valence-electron chi connectivity index (χ0n) is 46.3. The van der Waals surface area contributed by atoms with E-state index in [1.165, 1.54) is 12.8 Å². The SMILES string of the molecule is CC/C=C\C/C=C\C/C=C\C/C=C\C/C=C\CCCCCCCC(=O)OCC(COC(=O)C/C=C\C/C=C\C/C=C\C/C=C\C/C=C\CC)OC(=O)CCCCCCCC/C=C\C/C=C\C/C=C\C/C=C\CC. The quantitative estimate of drug-likeness (QED) is 0.0261. The van der Waals surface area contributed by atoms with Crippen LogP contribution in [0.5, 0.6) is 0 Å². The van der Waals surface area contributed by atoms with Crippen molar-refractivity contribution in [1.29, 1.82) is 0 Å². The minimum absolute atomic E-state index is 0.111. The van der Waals surface area contributed by atoms with Gasteiger partial charge in [0.2, 0.25) is 0 Å². The summed E-state index contributed by atoms with van der Waals surface area (Å²) in [5, 5.41) is 0. The first-order chi connectivity index (χ1) is 36.0. The van der Waals surface area contributed by atoms with Crippen LogP contribution < -0.4 is 0 Å². The van der Waals surface area contributed by atoms with Gasteiger partial charge >= 0.3 is 17.9 Å². The number of unbranched alkanes of at least 4 members (excludes halogenated alkanes) is 11. The van der Waals surface area contributed by atoms with E-state index < -0.39 is 12.1 Å². The van der Waals surface area contributed by atoms with Crippen molar-refractivity contribution in [1.82, 2.24) is 0 Å². The second-order valence-electron chi connectivity index (χ2n) is 18.1. The molecule has 406 valence electrons. The third-order valence-corrected chi connectivity index (χ3v) is 11.2. The molecule has 0 aromatic carbocycles. The van der Waals surface area contributed by atoms with Gasteiger partial charge in [0.25, 0.3) is 0 Å². The smallest absolute Gasteiger partial charge is 0.309 e. The molecule has 0 amide bonds. The number of rotatable bonds is 49. The van der Waals surface area contributed by atoms with Gasteiger partial charge in [-0.1, -0.05) is 236 Å². The second kappa shape index (κ2) is 59.3. The lowest BCUT2D eigenvalue weighted by molar-refractivity contribution is -0.166. The average molecular weight is 1000 g/mol. The van der Waals surface area contributed by atoms with Gasteiger partial charge in [-0.15, -0.1) is 0 Å². The zero-order chi connectivity index (χ0) is 52.9. The summed E-state index contributed by atoms with van der Waals surface area (Å²) in [6, 6.07) is 0. The normalized spacial score (nSPS) is 13.4. The number of allylic oxidation sites excluding steroid dienone is 27. The molecule has 6 nitrogen and oxygen atoms in total. The first-order valence-electron chi connectivity index (χ1n) is 28.6. The Morgan fingerprint density at radius 2 is 0.548 bits per heavy atom. The van der Waals surface area contributed by atoms with Crippen molar-refractivity contribution in [2.45, 2.75) is 219 Å². The maximum atomic E-state index is 12.9.